The number of nitrogens with zero attached hydrogens (tertiary/aromatic N) is 5. The second kappa shape index (κ2) is 12.0. The van der Waals surface area contributed by atoms with E-state index in [-0.39, 0.29) is 18.1 Å². The average Bonchev–Trinajstić information content (AvgIpc) is 3.66. The molecule has 3 aromatic heterocycles. The molecule has 0 saturated carbocycles. The lowest BCUT2D eigenvalue weighted by Crippen LogP contribution is -2.27. The summed E-state index contributed by atoms with van der Waals surface area (Å²) in [6, 6.07) is 21.8. The lowest BCUT2D eigenvalue weighted by Gasteiger charge is -2.17. The Balaban J connectivity index is 1.45. The van der Waals surface area contributed by atoms with Crippen LogP contribution in [0.2, 0.25) is 0 Å². The Morgan fingerprint density at radius 2 is 1.73 bits per heavy atom. The van der Waals surface area contributed by atoms with Crippen molar-refractivity contribution in [2.75, 3.05) is 20.7 Å². The molecule has 1 amide bonds. The van der Waals surface area contributed by atoms with Crippen molar-refractivity contribution in [3.8, 4) is 22.7 Å². The molecule has 6 rings (SSSR count). The number of carbonyl (C=O) groups excluding carboxylic acids is 1. The highest BCUT2D eigenvalue weighted by Gasteiger charge is 2.27. The van der Waals surface area contributed by atoms with Crippen molar-refractivity contribution in [2.45, 2.75) is 26.3 Å². The van der Waals surface area contributed by atoms with Gasteiger partial charge < -0.3 is 19.3 Å². The molecule has 0 atom stereocenters. The first-order chi connectivity index (χ1) is 21.3. The van der Waals surface area contributed by atoms with Gasteiger partial charge in [-0.25, -0.2) is 14.8 Å². The molecule has 0 bridgehead atoms. The predicted octanol–water partition coefficient (Wildman–Crippen LogP) is 6.15. The van der Waals surface area contributed by atoms with E-state index in [4.69, 9.17) is 4.74 Å². The number of carboxylic acid groups (broad SMARTS) is 1. The summed E-state index contributed by atoms with van der Waals surface area (Å²) in [6.45, 7) is 2.29. The molecule has 0 aliphatic heterocycles. The SMILES string of the molecule is Cc1ccnc(-n2ccnc2)c1-c1cccc2c(CCCOc3cccc4ccccc34)c(C(=O)O)n(CC(=O)N(C)C)c12. The second-order valence-corrected chi connectivity index (χ2v) is 10.9. The summed E-state index contributed by atoms with van der Waals surface area (Å²) in [5.74, 6) is 0.176. The molecule has 0 spiro atoms. The smallest absolute Gasteiger partial charge is 0.352 e. The molecule has 3 aromatic carbocycles. The molecular weight excluding hydrogens is 554 g/mol. The molecule has 0 radical (unpaired) electrons. The number of amides is 1. The van der Waals surface area contributed by atoms with Crippen LogP contribution in [0.1, 0.15) is 28.0 Å². The van der Waals surface area contributed by atoms with E-state index >= 15 is 0 Å². The molecule has 0 aliphatic carbocycles. The summed E-state index contributed by atoms with van der Waals surface area (Å²) in [5.41, 5.74) is 4.07. The van der Waals surface area contributed by atoms with Gasteiger partial charge in [0.1, 0.15) is 30.1 Å². The Morgan fingerprint density at radius 3 is 2.50 bits per heavy atom. The van der Waals surface area contributed by atoms with Crippen LogP contribution in [-0.2, 0) is 17.8 Å². The highest BCUT2D eigenvalue weighted by molar-refractivity contribution is 6.05. The van der Waals surface area contributed by atoms with E-state index in [1.54, 1.807) is 37.4 Å². The summed E-state index contributed by atoms with van der Waals surface area (Å²) >= 11 is 0. The van der Waals surface area contributed by atoms with Gasteiger partial charge in [0.05, 0.1) is 12.1 Å². The Kier molecular flexibility index (Phi) is 7.85. The van der Waals surface area contributed by atoms with Crippen molar-refractivity contribution in [3.05, 3.63) is 108 Å². The molecule has 1 N–H and O–H groups in total. The number of imidazole rings is 1. The normalized spacial score (nSPS) is 11.2. The van der Waals surface area contributed by atoms with E-state index in [0.717, 1.165) is 38.6 Å². The zero-order valence-electron chi connectivity index (χ0n) is 24.9. The number of para-hydroxylation sites is 1. The lowest BCUT2D eigenvalue weighted by molar-refractivity contribution is -0.129. The van der Waals surface area contributed by atoms with Gasteiger partial charge in [-0.15, -0.1) is 0 Å². The number of hydrogen-bond acceptors (Lipinski definition) is 5. The summed E-state index contributed by atoms with van der Waals surface area (Å²) in [4.78, 5) is 36.4. The first-order valence-electron chi connectivity index (χ1n) is 14.5. The minimum atomic E-state index is -1.08. The first-order valence-corrected chi connectivity index (χ1v) is 14.5. The van der Waals surface area contributed by atoms with Crippen LogP contribution in [0.4, 0.5) is 0 Å². The summed E-state index contributed by atoms with van der Waals surface area (Å²) in [7, 11) is 3.34. The fourth-order valence-corrected chi connectivity index (χ4v) is 5.82. The molecule has 6 aromatic rings. The summed E-state index contributed by atoms with van der Waals surface area (Å²) < 4.78 is 9.68. The number of benzene rings is 3. The number of aromatic nitrogens is 4. The largest absolute Gasteiger partial charge is 0.493 e. The molecule has 0 unspecified atom stereocenters. The van der Waals surface area contributed by atoms with Crippen molar-refractivity contribution in [3.63, 3.8) is 0 Å². The minimum absolute atomic E-state index is 0.110. The van der Waals surface area contributed by atoms with E-state index in [9.17, 15) is 14.7 Å². The van der Waals surface area contributed by atoms with Crippen LogP contribution in [0, 0.1) is 6.92 Å². The molecule has 3 heterocycles. The Morgan fingerprint density at radius 1 is 0.955 bits per heavy atom. The fourth-order valence-electron chi connectivity index (χ4n) is 5.82. The number of carbonyl (C=O) groups is 2. The van der Waals surface area contributed by atoms with Crippen LogP contribution in [0.3, 0.4) is 0 Å². The number of fused-ring (bicyclic) bond motifs is 2. The third kappa shape index (κ3) is 5.28. The molecular formula is C35H33N5O4. The predicted molar refractivity (Wildman–Crippen MR) is 170 cm³/mol. The van der Waals surface area contributed by atoms with Crippen LogP contribution in [0.25, 0.3) is 38.6 Å². The van der Waals surface area contributed by atoms with Gasteiger partial charge in [0, 0.05) is 54.6 Å². The summed E-state index contributed by atoms with van der Waals surface area (Å²) in [5, 5.41) is 13.5. The molecule has 9 heteroatoms. The Labute approximate surface area is 255 Å². The monoisotopic (exact) mass is 587 g/mol. The lowest BCUT2D eigenvalue weighted by atomic mass is 9.97. The van der Waals surface area contributed by atoms with Gasteiger partial charge in [0.25, 0.3) is 0 Å². The number of aryl methyl sites for hydroxylation is 2. The Bertz CT molecular complexity index is 1990. The van der Waals surface area contributed by atoms with Gasteiger partial charge in [0.15, 0.2) is 0 Å². The number of likely N-dealkylation sites (N-methyl/N-ethyl adjacent to an activating group) is 1. The van der Waals surface area contributed by atoms with Gasteiger partial charge in [-0.3, -0.25) is 9.36 Å². The van der Waals surface area contributed by atoms with Gasteiger partial charge in [-0.05, 0) is 48.4 Å². The molecule has 0 saturated heterocycles. The second-order valence-electron chi connectivity index (χ2n) is 10.9. The first kappa shape index (κ1) is 28.7. The maximum Gasteiger partial charge on any atom is 0.352 e. The van der Waals surface area contributed by atoms with Crippen LogP contribution in [-0.4, -0.2) is 61.7 Å². The number of rotatable bonds is 10. The van der Waals surface area contributed by atoms with Crippen molar-refractivity contribution >= 4 is 33.6 Å². The van der Waals surface area contributed by atoms with Crippen LogP contribution in [0.15, 0.2) is 91.6 Å². The number of hydrogen-bond donors (Lipinski definition) is 1. The van der Waals surface area contributed by atoms with Crippen molar-refractivity contribution in [1.82, 2.24) is 24.0 Å². The van der Waals surface area contributed by atoms with E-state index in [2.05, 4.69) is 9.97 Å². The third-order valence-corrected chi connectivity index (χ3v) is 7.92. The van der Waals surface area contributed by atoms with Crippen LogP contribution < -0.4 is 4.74 Å². The van der Waals surface area contributed by atoms with Crippen molar-refractivity contribution in [1.29, 1.82) is 0 Å². The van der Waals surface area contributed by atoms with E-state index < -0.39 is 5.97 Å². The highest BCUT2D eigenvalue weighted by atomic mass is 16.5. The number of carboxylic acids is 1. The molecule has 44 heavy (non-hydrogen) atoms. The van der Waals surface area contributed by atoms with E-state index in [0.29, 0.717) is 36.3 Å². The van der Waals surface area contributed by atoms with Gasteiger partial charge in [0.2, 0.25) is 5.91 Å². The average molecular weight is 588 g/mol. The summed E-state index contributed by atoms with van der Waals surface area (Å²) in [6.07, 6.45) is 7.98. The van der Waals surface area contributed by atoms with Gasteiger partial charge in [-0.1, -0.05) is 54.6 Å². The number of pyridine rings is 1. The molecule has 222 valence electrons. The van der Waals surface area contributed by atoms with Crippen molar-refractivity contribution in [2.24, 2.45) is 0 Å². The van der Waals surface area contributed by atoms with E-state index in [1.807, 2.05) is 84.4 Å². The maximum atomic E-state index is 13.1. The standard InChI is InChI=1S/C35H33N5O4/c1-23-16-17-37-34(39-19-18-36-22-39)31(23)28-13-7-12-26-27(33(35(42)43)40(32(26)28)21-30(41)38(2)3)14-8-20-44-29-15-6-10-24-9-4-5-11-25(24)29/h4-7,9-13,15-19,22H,8,14,20-21H2,1-3H3,(H,42,43). The fraction of sp³-hybridized carbons (Fsp3) is 0.200. The van der Waals surface area contributed by atoms with Crippen molar-refractivity contribution < 1.29 is 19.4 Å². The van der Waals surface area contributed by atoms with Gasteiger partial charge in [-0.2, -0.15) is 0 Å². The number of aromatic carboxylic acids is 1. The quantitative estimate of drug-likeness (QED) is 0.193. The zero-order valence-corrected chi connectivity index (χ0v) is 24.9. The van der Waals surface area contributed by atoms with Gasteiger partial charge >= 0.3 is 5.97 Å². The highest BCUT2D eigenvalue weighted by Crippen LogP contribution is 2.39. The maximum absolute atomic E-state index is 13.1. The van der Waals surface area contributed by atoms with Crippen LogP contribution in [0.5, 0.6) is 5.75 Å². The third-order valence-electron chi connectivity index (χ3n) is 7.92. The molecule has 9 nitrogen and oxygen atoms in total. The number of ether oxygens (including phenoxy) is 1. The molecule has 0 aliphatic rings. The minimum Gasteiger partial charge on any atom is -0.493 e. The van der Waals surface area contributed by atoms with Crippen LogP contribution >= 0.6 is 0 Å². The zero-order chi connectivity index (χ0) is 30.8. The van der Waals surface area contributed by atoms with E-state index in [1.165, 1.54) is 4.90 Å². The topological polar surface area (TPSA) is 102 Å². The molecule has 0 fully saturated rings. The Hall–Kier alpha value is -5.44.